The van der Waals surface area contributed by atoms with Crippen LogP contribution in [-0.2, 0) is 19.3 Å². The minimum absolute atomic E-state index is 0.0743. The summed E-state index contributed by atoms with van der Waals surface area (Å²) in [4.78, 5) is 16.2. The van der Waals surface area contributed by atoms with Crippen molar-refractivity contribution in [2.45, 2.75) is 43.9 Å². The van der Waals surface area contributed by atoms with Gasteiger partial charge in [-0.1, -0.05) is 48.5 Å². The Hall–Kier alpha value is -5.20. The Bertz CT molecular complexity index is 1820. The van der Waals surface area contributed by atoms with Crippen molar-refractivity contribution < 1.29 is 0 Å². The van der Waals surface area contributed by atoms with E-state index in [1.807, 2.05) is 79.1 Å². The first-order chi connectivity index (χ1) is 20.7. The molecule has 0 radical (unpaired) electrons. The van der Waals surface area contributed by atoms with Crippen molar-refractivity contribution in [3.05, 3.63) is 132 Å². The summed E-state index contributed by atoms with van der Waals surface area (Å²) in [6, 6.07) is 35.6. The van der Waals surface area contributed by atoms with E-state index >= 15 is 0 Å². The number of fused-ring (bicyclic) bond motifs is 2. The summed E-state index contributed by atoms with van der Waals surface area (Å²) in [6.07, 6.45) is 7.21. The third-order valence-electron chi connectivity index (χ3n) is 8.24. The molecule has 6 rings (SSSR count). The summed E-state index contributed by atoms with van der Waals surface area (Å²) in [5.41, 5.74) is 7.06. The van der Waals surface area contributed by atoms with Crippen LogP contribution in [0.15, 0.2) is 103 Å². The van der Waals surface area contributed by atoms with Crippen molar-refractivity contribution in [3.63, 3.8) is 0 Å². The van der Waals surface area contributed by atoms with Crippen LogP contribution in [0.4, 0.5) is 0 Å². The van der Waals surface area contributed by atoms with E-state index in [1.54, 1.807) is 0 Å². The average molecular weight is 549 g/mol. The lowest BCUT2D eigenvalue weighted by Gasteiger charge is -2.24. The SMILES string of the molecule is N#CC(CC(CCc1ccccn1)C(C#N)c1[nH]c2ccccc2c1CCc1ccccn1)c1cc2ccccc2[nH]1. The van der Waals surface area contributed by atoms with Gasteiger partial charge >= 0.3 is 0 Å². The lowest BCUT2D eigenvalue weighted by atomic mass is 9.78. The van der Waals surface area contributed by atoms with Gasteiger partial charge < -0.3 is 9.97 Å². The smallest absolute Gasteiger partial charge is 0.0894 e. The predicted molar refractivity (Wildman–Crippen MR) is 166 cm³/mol. The van der Waals surface area contributed by atoms with Crippen LogP contribution in [0.3, 0.4) is 0 Å². The minimum atomic E-state index is -0.417. The molecule has 0 bridgehead atoms. The van der Waals surface area contributed by atoms with E-state index in [1.165, 1.54) is 0 Å². The summed E-state index contributed by atoms with van der Waals surface area (Å²) in [5.74, 6) is -0.863. The number of para-hydroxylation sites is 2. The van der Waals surface area contributed by atoms with Crippen molar-refractivity contribution in [2.24, 2.45) is 5.92 Å². The molecular weight excluding hydrogens is 516 g/mol. The zero-order valence-electron chi connectivity index (χ0n) is 23.4. The van der Waals surface area contributed by atoms with Gasteiger partial charge in [-0.15, -0.1) is 0 Å². The minimum Gasteiger partial charge on any atom is -0.357 e. The van der Waals surface area contributed by atoms with Crippen LogP contribution >= 0.6 is 0 Å². The first kappa shape index (κ1) is 27.0. The molecule has 6 aromatic rings. The van der Waals surface area contributed by atoms with Crippen molar-refractivity contribution in [2.75, 3.05) is 0 Å². The first-order valence-corrected chi connectivity index (χ1v) is 14.5. The molecule has 0 amide bonds. The van der Waals surface area contributed by atoms with E-state index in [-0.39, 0.29) is 11.8 Å². The number of hydrogen-bond donors (Lipinski definition) is 2. The molecular formula is C36H32N6. The molecule has 6 heteroatoms. The molecule has 4 aromatic heterocycles. The van der Waals surface area contributed by atoms with E-state index in [2.05, 4.69) is 56.3 Å². The molecule has 0 aliphatic rings. The Balaban J connectivity index is 1.37. The van der Waals surface area contributed by atoms with Crippen molar-refractivity contribution in [3.8, 4) is 12.1 Å². The molecule has 0 spiro atoms. The van der Waals surface area contributed by atoms with Gasteiger partial charge in [-0.05, 0) is 91.4 Å². The maximum Gasteiger partial charge on any atom is 0.0894 e. The fraction of sp³-hybridized carbons (Fsp3) is 0.222. The van der Waals surface area contributed by atoms with E-state index in [0.717, 1.165) is 75.8 Å². The third kappa shape index (κ3) is 5.80. The number of pyridine rings is 2. The van der Waals surface area contributed by atoms with Crippen molar-refractivity contribution in [1.29, 1.82) is 10.5 Å². The highest BCUT2D eigenvalue weighted by molar-refractivity contribution is 5.85. The summed E-state index contributed by atoms with van der Waals surface area (Å²) in [5, 5.41) is 23.4. The zero-order valence-corrected chi connectivity index (χ0v) is 23.4. The molecule has 0 saturated heterocycles. The monoisotopic (exact) mass is 548 g/mol. The van der Waals surface area contributed by atoms with Gasteiger partial charge in [-0.25, -0.2) is 0 Å². The normalized spacial score (nSPS) is 13.4. The average Bonchev–Trinajstić information content (AvgIpc) is 3.64. The predicted octanol–water partition coefficient (Wildman–Crippen LogP) is 7.78. The number of aryl methyl sites for hydroxylation is 3. The molecule has 0 aliphatic heterocycles. The second kappa shape index (κ2) is 12.5. The van der Waals surface area contributed by atoms with E-state index < -0.39 is 5.92 Å². The largest absolute Gasteiger partial charge is 0.357 e. The molecule has 3 atom stereocenters. The fourth-order valence-electron chi connectivity index (χ4n) is 6.10. The lowest BCUT2D eigenvalue weighted by molar-refractivity contribution is 0.395. The van der Waals surface area contributed by atoms with E-state index in [4.69, 9.17) is 0 Å². The maximum atomic E-state index is 10.8. The van der Waals surface area contributed by atoms with Gasteiger partial charge in [0.1, 0.15) is 0 Å². The van der Waals surface area contributed by atoms with Crippen LogP contribution in [0.5, 0.6) is 0 Å². The third-order valence-corrected chi connectivity index (χ3v) is 8.24. The standard InChI is InChI=1S/C36H32N6/c37-23-27(35-22-26-9-1-3-13-33(26)41-35)21-25(15-16-28-10-5-7-19-39-28)32(24-38)36-31(18-17-29-11-6-8-20-40-29)30-12-2-4-14-34(30)42-36/h1-14,19-20,22,25,27,32,41-42H,15-18,21H2. The summed E-state index contributed by atoms with van der Waals surface area (Å²) < 4.78 is 0. The van der Waals surface area contributed by atoms with Crippen molar-refractivity contribution in [1.82, 2.24) is 19.9 Å². The number of rotatable bonds is 11. The topological polar surface area (TPSA) is 105 Å². The molecule has 0 aliphatic carbocycles. The van der Waals surface area contributed by atoms with Crippen molar-refractivity contribution >= 4 is 21.8 Å². The summed E-state index contributed by atoms with van der Waals surface area (Å²) in [7, 11) is 0. The van der Waals surface area contributed by atoms with Gasteiger partial charge in [-0.2, -0.15) is 10.5 Å². The molecule has 2 aromatic carbocycles. The number of aromatic amines is 2. The highest BCUT2D eigenvalue weighted by atomic mass is 14.7. The van der Waals surface area contributed by atoms with E-state index in [9.17, 15) is 10.5 Å². The number of hydrogen-bond acceptors (Lipinski definition) is 4. The zero-order chi connectivity index (χ0) is 28.7. The number of H-pyrrole nitrogens is 2. The van der Waals surface area contributed by atoms with Crippen LogP contribution in [0.1, 0.15) is 53.0 Å². The van der Waals surface area contributed by atoms with Gasteiger partial charge in [0.05, 0.1) is 24.0 Å². The number of benzene rings is 2. The van der Waals surface area contributed by atoms with Crippen LogP contribution in [0, 0.1) is 28.6 Å². The molecule has 0 fully saturated rings. The quantitative estimate of drug-likeness (QED) is 0.172. The molecule has 206 valence electrons. The number of nitriles is 2. The second-order valence-corrected chi connectivity index (χ2v) is 10.8. The van der Waals surface area contributed by atoms with Crippen LogP contribution in [0.2, 0.25) is 0 Å². The lowest BCUT2D eigenvalue weighted by Crippen LogP contribution is -2.18. The first-order valence-electron chi connectivity index (χ1n) is 14.5. The van der Waals surface area contributed by atoms with Gasteiger partial charge in [0.2, 0.25) is 0 Å². The van der Waals surface area contributed by atoms with Crippen LogP contribution < -0.4 is 0 Å². The Morgan fingerprint density at radius 1 is 0.690 bits per heavy atom. The number of aromatic nitrogens is 4. The molecule has 42 heavy (non-hydrogen) atoms. The second-order valence-electron chi connectivity index (χ2n) is 10.8. The molecule has 2 N–H and O–H groups in total. The van der Waals surface area contributed by atoms with Crippen LogP contribution in [-0.4, -0.2) is 19.9 Å². The molecule has 3 unspecified atom stereocenters. The number of nitrogens with one attached hydrogen (secondary N) is 2. The molecule has 0 saturated carbocycles. The maximum absolute atomic E-state index is 10.8. The summed E-state index contributed by atoms with van der Waals surface area (Å²) in [6.45, 7) is 0. The van der Waals surface area contributed by atoms with Crippen LogP contribution in [0.25, 0.3) is 21.8 Å². The van der Waals surface area contributed by atoms with Gasteiger partial charge in [0.15, 0.2) is 0 Å². The Labute approximate surface area is 245 Å². The summed E-state index contributed by atoms with van der Waals surface area (Å²) >= 11 is 0. The highest BCUT2D eigenvalue weighted by Gasteiger charge is 2.31. The Morgan fingerprint density at radius 2 is 1.38 bits per heavy atom. The Morgan fingerprint density at radius 3 is 2.07 bits per heavy atom. The van der Waals surface area contributed by atoms with Gasteiger partial charge in [0.25, 0.3) is 0 Å². The fourth-order valence-corrected chi connectivity index (χ4v) is 6.10. The molecule has 6 nitrogen and oxygen atoms in total. The van der Waals surface area contributed by atoms with E-state index in [0.29, 0.717) is 6.42 Å². The highest BCUT2D eigenvalue weighted by Crippen LogP contribution is 2.39. The number of nitrogens with zero attached hydrogens (tertiary/aromatic N) is 4. The van der Waals surface area contributed by atoms with Gasteiger partial charge in [-0.3, -0.25) is 9.97 Å². The Kier molecular flexibility index (Phi) is 8.06. The molecule has 4 heterocycles. The van der Waals surface area contributed by atoms with Gasteiger partial charge in [0, 0.05) is 51.6 Å².